The molecule has 1 aliphatic carbocycles. The molecule has 16 heavy (non-hydrogen) atoms. The van der Waals surface area contributed by atoms with Crippen LogP contribution in [0.4, 0.5) is 0 Å². The minimum absolute atomic E-state index is 0.716. The van der Waals surface area contributed by atoms with Gasteiger partial charge in [-0.25, -0.2) is 0 Å². The van der Waals surface area contributed by atoms with Crippen LogP contribution in [-0.2, 0) is 0 Å². The quantitative estimate of drug-likeness (QED) is 0.663. The van der Waals surface area contributed by atoms with Crippen molar-refractivity contribution in [1.29, 1.82) is 0 Å². The molecule has 0 atom stereocenters. The van der Waals surface area contributed by atoms with E-state index >= 15 is 0 Å². The molecule has 0 aliphatic heterocycles. The normalized spacial score (nSPS) is 15.3. The molecule has 1 aromatic rings. The first-order valence-corrected chi connectivity index (χ1v) is 6.23. The molecule has 4 heteroatoms. The molecule has 1 aliphatic rings. The van der Waals surface area contributed by atoms with Gasteiger partial charge in [0.05, 0.1) is 6.61 Å². The van der Waals surface area contributed by atoms with E-state index in [9.17, 15) is 0 Å². The molecule has 2 N–H and O–H groups in total. The van der Waals surface area contributed by atoms with Gasteiger partial charge in [0.2, 0.25) is 5.88 Å². The van der Waals surface area contributed by atoms with Crippen molar-refractivity contribution in [2.24, 2.45) is 0 Å². The van der Waals surface area contributed by atoms with Gasteiger partial charge in [-0.1, -0.05) is 0 Å². The Morgan fingerprint density at radius 1 is 1.44 bits per heavy atom. The number of hydrogen-bond acceptors (Lipinski definition) is 3. The highest BCUT2D eigenvalue weighted by Crippen LogP contribution is 2.18. The zero-order valence-electron chi connectivity index (χ0n) is 9.96. The van der Waals surface area contributed by atoms with Crippen LogP contribution in [-0.4, -0.2) is 29.4 Å². The monoisotopic (exact) mass is 223 g/mol. The minimum Gasteiger partial charge on any atom is -0.477 e. The van der Waals surface area contributed by atoms with Gasteiger partial charge in [0, 0.05) is 17.8 Å². The lowest BCUT2D eigenvalue weighted by molar-refractivity contribution is 0.293. The van der Waals surface area contributed by atoms with Gasteiger partial charge >= 0.3 is 0 Å². The van der Waals surface area contributed by atoms with Crippen LogP contribution in [0.5, 0.6) is 5.88 Å². The molecule has 1 aromatic heterocycles. The van der Waals surface area contributed by atoms with Crippen molar-refractivity contribution in [3.8, 4) is 5.88 Å². The molecule has 4 nitrogen and oxygen atoms in total. The average Bonchev–Trinajstić information content (AvgIpc) is 3.00. The van der Waals surface area contributed by atoms with E-state index in [1.54, 1.807) is 0 Å². The predicted molar refractivity (Wildman–Crippen MR) is 63.7 cm³/mol. The molecule has 0 bridgehead atoms. The predicted octanol–water partition coefficient (Wildman–Crippen LogP) is 2.02. The first-order chi connectivity index (χ1) is 7.84. The van der Waals surface area contributed by atoms with Crippen LogP contribution in [0.15, 0.2) is 6.07 Å². The smallest absolute Gasteiger partial charge is 0.232 e. The summed E-state index contributed by atoms with van der Waals surface area (Å²) in [7, 11) is 0. The van der Waals surface area contributed by atoms with Crippen molar-refractivity contribution in [3.05, 3.63) is 11.8 Å². The van der Waals surface area contributed by atoms with Crippen molar-refractivity contribution in [2.75, 3.05) is 13.2 Å². The third kappa shape index (κ3) is 4.23. The fourth-order valence-electron chi connectivity index (χ4n) is 1.64. The molecule has 0 unspecified atom stereocenters. The van der Waals surface area contributed by atoms with Crippen LogP contribution in [0.25, 0.3) is 0 Å². The maximum Gasteiger partial charge on any atom is 0.232 e. The minimum atomic E-state index is 0.716. The second kappa shape index (κ2) is 5.89. The number of hydrogen-bond donors (Lipinski definition) is 2. The second-order valence-corrected chi connectivity index (χ2v) is 4.53. The number of unbranched alkanes of at least 4 members (excludes halogenated alkanes) is 2. The lowest BCUT2D eigenvalue weighted by atomic mass is 10.2. The van der Waals surface area contributed by atoms with E-state index in [0.29, 0.717) is 5.88 Å². The molecular weight excluding hydrogens is 202 g/mol. The van der Waals surface area contributed by atoms with E-state index in [0.717, 1.165) is 31.3 Å². The third-order valence-electron chi connectivity index (χ3n) is 2.76. The number of ether oxygens (including phenoxy) is 1. The van der Waals surface area contributed by atoms with Gasteiger partial charge in [0.25, 0.3) is 0 Å². The summed E-state index contributed by atoms with van der Waals surface area (Å²) in [5.41, 5.74) is 1.05. The highest BCUT2D eigenvalue weighted by molar-refractivity contribution is 5.11. The molecule has 0 saturated heterocycles. The molecule has 1 heterocycles. The van der Waals surface area contributed by atoms with Crippen LogP contribution < -0.4 is 10.1 Å². The summed E-state index contributed by atoms with van der Waals surface area (Å²) in [6.45, 7) is 3.91. The number of H-pyrrole nitrogens is 1. The molecule has 1 saturated carbocycles. The lowest BCUT2D eigenvalue weighted by Crippen LogP contribution is -2.17. The van der Waals surface area contributed by atoms with E-state index in [1.165, 1.54) is 25.7 Å². The molecule has 1 fully saturated rings. The van der Waals surface area contributed by atoms with Gasteiger partial charge in [0.1, 0.15) is 0 Å². The van der Waals surface area contributed by atoms with Gasteiger partial charge in [-0.05, 0) is 45.6 Å². The van der Waals surface area contributed by atoms with Gasteiger partial charge in [-0.15, -0.1) is 5.10 Å². The third-order valence-corrected chi connectivity index (χ3v) is 2.76. The summed E-state index contributed by atoms with van der Waals surface area (Å²) in [5.74, 6) is 0.716. The topological polar surface area (TPSA) is 49.9 Å². The Hall–Kier alpha value is -1.03. The molecule has 0 amide bonds. The van der Waals surface area contributed by atoms with Crippen LogP contribution in [0.1, 0.15) is 37.8 Å². The Labute approximate surface area is 96.8 Å². The summed E-state index contributed by atoms with van der Waals surface area (Å²) in [5, 5.41) is 10.4. The van der Waals surface area contributed by atoms with Crippen molar-refractivity contribution in [1.82, 2.24) is 15.5 Å². The summed E-state index contributed by atoms with van der Waals surface area (Å²) in [6.07, 6.45) is 6.34. The Bertz CT molecular complexity index is 307. The molecule has 0 spiro atoms. The number of aromatic nitrogens is 2. The van der Waals surface area contributed by atoms with Gasteiger partial charge in [-0.2, -0.15) is 0 Å². The standard InChI is InChI=1S/C12H21N3O/c1-10-9-12(15-14-10)16-8-4-2-3-7-13-11-5-6-11/h9,11,13H,2-8H2,1H3,(H,14,15). The number of rotatable bonds is 8. The van der Waals surface area contributed by atoms with E-state index in [2.05, 4.69) is 15.5 Å². The summed E-state index contributed by atoms with van der Waals surface area (Å²) < 4.78 is 5.50. The second-order valence-electron chi connectivity index (χ2n) is 4.53. The van der Waals surface area contributed by atoms with Crippen molar-refractivity contribution >= 4 is 0 Å². The maximum absolute atomic E-state index is 5.50. The number of nitrogens with one attached hydrogen (secondary N) is 2. The summed E-state index contributed by atoms with van der Waals surface area (Å²) in [6, 6.07) is 2.76. The fourth-order valence-corrected chi connectivity index (χ4v) is 1.64. The van der Waals surface area contributed by atoms with E-state index in [-0.39, 0.29) is 0 Å². The number of aromatic amines is 1. The highest BCUT2D eigenvalue weighted by Gasteiger charge is 2.19. The Balaban J connectivity index is 1.42. The van der Waals surface area contributed by atoms with Crippen molar-refractivity contribution < 1.29 is 4.74 Å². The van der Waals surface area contributed by atoms with Crippen molar-refractivity contribution in [2.45, 2.75) is 45.1 Å². The van der Waals surface area contributed by atoms with Crippen LogP contribution in [0.3, 0.4) is 0 Å². The summed E-state index contributed by atoms with van der Waals surface area (Å²) in [4.78, 5) is 0. The molecule has 2 rings (SSSR count). The zero-order valence-corrected chi connectivity index (χ0v) is 9.96. The highest BCUT2D eigenvalue weighted by atomic mass is 16.5. The van der Waals surface area contributed by atoms with E-state index in [1.807, 2.05) is 13.0 Å². The Kier molecular flexibility index (Phi) is 4.22. The molecule has 90 valence electrons. The van der Waals surface area contributed by atoms with Gasteiger partial charge < -0.3 is 10.1 Å². The Morgan fingerprint density at radius 3 is 3.00 bits per heavy atom. The largest absolute Gasteiger partial charge is 0.477 e. The van der Waals surface area contributed by atoms with Crippen LogP contribution in [0.2, 0.25) is 0 Å². The fraction of sp³-hybridized carbons (Fsp3) is 0.750. The molecule has 0 radical (unpaired) electrons. The van der Waals surface area contributed by atoms with Crippen LogP contribution >= 0.6 is 0 Å². The van der Waals surface area contributed by atoms with E-state index < -0.39 is 0 Å². The first-order valence-electron chi connectivity index (χ1n) is 6.23. The lowest BCUT2D eigenvalue weighted by Gasteiger charge is -2.03. The number of aryl methyl sites for hydroxylation is 1. The number of nitrogens with zero attached hydrogens (tertiary/aromatic N) is 1. The molecule has 0 aromatic carbocycles. The first kappa shape index (κ1) is 11.5. The summed E-state index contributed by atoms with van der Waals surface area (Å²) >= 11 is 0. The van der Waals surface area contributed by atoms with Gasteiger partial charge in [-0.3, -0.25) is 5.10 Å². The van der Waals surface area contributed by atoms with E-state index in [4.69, 9.17) is 4.74 Å². The van der Waals surface area contributed by atoms with Gasteiger partial charge in [0.15, 0.2) is 0 Å². The Morgan fingerprint density at radius 2 is 2.31 bits per heavy atom. The average molecular weight is 223 g/mol. The molecular formula is C12H21N3O. The van der Waals surface area contributed by atoms with Crippen molar-refractivity contribution in [3.63, 3.8) is 0 Å². The maximum atomic E-state index is 5.50. The van der Waals surface area contributed by atoms with Crippen LogP contribution in [0, 0.1) is 6.92 Å². The zero-order chi connectivity index (χ0) is 11.2. The SMILES string of the molecule is Cc1cc(OCCCCCNC2CC2)n[nH]1.